The van der Waals surface area contributed by atoms with Crippen LogP contribution in [-0.2, 0) is 16.1 Å². The molecule has 2 rings (SSSR count). The molecule has 0 bridgehead atoms. The van der Waals surface area contributed by atoms with Crippen molar-refractivity contribution in [3.8, 4) is 0 Å². The number of nitrogens with one attached hydrogen (secondary N) is 1. The lowest BCUT2D eigenvalue weighted by molar-refractivity contribution is -0.121. The molecule has 0 aromatic carbocycles. The van der Waals surface area contributed by atoms with Crippen molar-refractivity contribution in [1.82, 2.24) is 19.9 Å². The van der Waals surface area contributed by atoms with Crippen molar-refractivity contribution < 1.29 is 9.53 Å². The van der Waals surface area contributed by atoms with Crippen LogP contribution >= 0.6 is 11.6 Å². The Morgan fingerprint density at radius 3 is 3.10 bits per heavy atom. The molecule has 0 fully saturated rings. The van der Waals surface area contributed by atoms with Crippen LogP contribution in [0.25, 0.3) is 11.2 Å². The van der Waals surface area contributed by atoms with E-state index < -0.39 is 0 Å². The van der Waals surface area contributed by atoms with Crippen LogP contribution in [0.1, 0.15) is 18.1 Å². The Bertz CT molecular complexity index is 597. The number of hydrogen-bond acceptors (Lipinski definition) is 4. The molecule has 2 heterocycles. The second-order valence-corrected chi connectivity index (χ2v) is 5.02. The molecule has 1 unspecified atom stereocenters. The van der Waals surface area contributed by atoms with E-state index in [9.17, 15) is 4.79 Å². The minimum Gasteiger partial charge on any atom is -0.383 e. The van der Waals surface area contributed by atoms with Crippen LogP contribution in [0.2, 0.25) is 0 Å². The molecule has 1 N–H and O–H groups in total. The molecule has 1 atom stereocenters. The summed E-state index contributed by atoms with van der Waals surface area (Å²) in [5.74, 6) is 0.521. The lowest BCUT2D eigenvalue weighted by atomic mass is 10.4. The van der Waals surface area contributed by atoms with Crippen LogP contribution in [0.15, 0.2) is 18.3 Å². The van der Waals surface area contributed by atoms with Gasteiger partial charge in [-0.25, -0.2) is 9.97 Å². The van der Waals surface area contributed by atoms with Crippen molar-refractivity contribution in [1.29, 1.82) is 0 Å². The highest BCUT2D eigenvalue weighted by Crippen LogP contribution is 2.22. The third kappa shape index (κ3) is 3.26. The number of amides is 1. The topological polar surface area (TPSA) is 69.0 Å². The van der Waals surface area contributed by atoms with E-state index >= 15 is 0 Å². The van der Waals surface area contributed by atoms with Gasteiger partial charge in [-0.15, -0.1) is 11.6 Å². The molecular formula is C13H17ClN4O2. The summed E-state index contributed by atoms with van der Waals surface area (Å²) in [6.45, 7) is 2.92. The monoisotopic (exact) mass is 296 g/mol. The summed E-state index contributed by atoms with van der Waals surface area (Å²) in [6.07, 6.45) is 1.67. The van der Waals surface area contributed by atoms with Crippen LogP contribution in [0.5, 0.6) is 0 Å². The Hall–Kier alpha value is -1.66. The third-order valence-electron chi connectivity index (χ3n) is 2.82. The van der Waals surface area contributed by atoms with E-state index in [2.05, 4.69) is 15.3 Å². The maximum absolute atomic E-state index is 11.9. The summed E-state index contributed by atoms with van der Waals surface area (Å²) in [6, 6.07) is 3.66. The van der Waals surface area contributed by atoms with Gasteiger partial charge in [-0.3, -0.25) is 4.79 Å². The van der Waals surface area contributed by atoms with Gasteiger partial charge in [0.2, 0.25) is 5.91 Å². The molecule has 0 saturated carbocycles. The highest BCUT2D eigenvalue weighted by molar-refractivity contribution is 6.20. The highest BCUT2D eigenvalue weighted by Gasteiger charge is 2.17. The number of alkyl halides is 1. The molecule has 6 nitrogen and oxygen atoms in total. The molecule has 0 aliphatic rings. The standard InChI is InChI=1S/C13H17ClN4O2/c1-9(14)12-17-10-4-3-5-16-13(10)18(12)8-11(19)15-6-7-20-2/h3-5,9H,6-8H2,1-2H3,(H,15,19). The quantitative estimate of drug-likeness (QED) is 0.648. The first kappa shape index (κ1) is 14.7. The van der Waals surface area contributed by atoms with Gasteiger partial charge in [0.1, 0.15) is 17.9 Å². The highest BCUT2D eigenvalue weighted by atomic mass is 35.5. The number of methoxy groups -OCH3 is 1. The Morgan fingerprint density at radius 1 is 1.60 bits per heavy atom. The van der Waals surface area contributed by atoms with Crippen molar-refractivity contribution in [3.05, 3.63) is 24.2 Å². The molecule has 0 aliphatic carbocycles. The minimum absolute atomic E-state index is 0.120. The number of fused-ring (bicyclic) bond motifs is 1. The summed E-state index contributed by atoms with van der Waals surface area (Å²) in [5.41, 5.74) is 1.40. The molecule has 108 valence electrons. The minimum atomic E-state index is -0.295. The molecule has 20 heavy (non-hydrogen) atoms. The van der Waals surface area contributed by atoms with Crippen molar-refractivity contribution in [2.45, 2.75) is 18.8 Å². The third-order valence-corrected chi connectivity index (χ3v) is 3.01. The molecule has 7 heteroatoms. The van der Waals surface area contributed by atoms with Gasteiger partial charge < -0.3 is 14.6 Å². The molecule has 0 radical (unpaired) electrons. The first-order chi connectivity index (χ1) is 9.63. The number of nitrogens with zero attached hydrogens (tertiary/aromatic N) is 3. The molecule has 2 aromatic rings. The molecule has 1 amide bonds. The van der Waals surface area contributed by atoms with Crippen LogP contribution in [0.4, 0.5) is 0 Å². The van der Waals surface area contributed by atoms with E-state index in [1.54, 1.807) is 23.9 Å². The number of ether oxygens (including phenoxy) is 1. The summed E-state index contributed by atoms with van der Waals surface area (Å²) < 4.78 is 6.64. The lowest BCUT2D eigenvalue weighted by Crippen LogP contribution is -2.31. The molecule has 2 aromatic heterocycles. The number of aromatic nitrogens is 3. The van der Waals surface area contributed by atoms with E-state index in [0.29, 0.717) is 24.6 Å². The van der Waals surface area contributed by atoms with E-state index in [-0.39, 0.29) is 17.8 Å². The molecule has 0 spiro atoms. The number of carbonyl (C=O) groups is 1. The van der Waals surface area contributed by atoms with Crippen LogP contribution in [0.3, 0.4) is 0 Å². The second kappa shape index (κ2) is 6.67. The van der Waals surface area contributed by atoms with Gasteiger partial charge in [-0.1, -0.05) is 0 Å². The van der Waals surface area contributed by atoms with Crippen LogP contribution < -0.4 is 5.32 Å². The molecule has 0 aliphatic heterocycles. The fraction of sp³-hybridized carbons (Fsp3) is 0.462. The maximum Gasteiger partial charge on any atom is 0.240 e. The van der Waals surface area contributed by atoms with Crippen LogP contribution in [-0.4, -0.2) is 40.7 Å². The van der Waals surface area contributed by atoms with Crippen LogP contribution in [0, 0.1) is 0 Å². The van der Waals surface area contributed by atoms with E-state index in [1.807, 2.05) is 13.0 Å². The average Bonchev–Trinajstić information content (AvgIpc) is 2.78. The zero-order valence-electron chi connectivity index (χ0n) is 11.5. The predicted molar refractivity (Wildman–Crippen MR) is 76.7 cm³/mol. The predicted octanol–water partition coefficient (Wildman–Crippen LogP) is 1.49. The van der Waals surface area contributed by atoms with Gasteiger partial charge in [0, 0.05) is 19.9 Å². The van der Waals surface area contributed by atoms with Gasteiger partial charge in [0.25, 0.3) is 0 Å². The van der Waals surface area contributed by atoms with E-state index in [0.717, 1.165) is 5.52 Å². The first-order valence-corrected chi connectivity index (χ1v) is 6.78. The summed E-state index contributed by atoms with van der Waals surface area (Å²) in [7, 11) is 1.59. The molecular weight excluding hydrogens is 280 g/mol. The normalized spacial score (nSPS) is 12.6. The number of rotatable bonds is 6. The Morgan fingerprint density at radius 2 is 2.40 bits per heavy atom. The second-order valence-electron chi connectivity index (χ2n) is 4.36. The molecule has 0 saturated heterocycles. The van der Waals surface area contributed by atoms with Crippen molar-refractivity contribution >= 4 is 28.7 Å². The van der Waals surface area contributed by atoms with Gasteiger partial charge in [0.05, 0.1) is 12.0 Å². The fourth-order valence-corrected chi connectivity index (χ4v) is 2.09. The number of pyridine rings is 1. The number of carbonyl (C=O) groups excluding carboxylic acids is 1. The summed E-state index contributed by atoms with van der Waals surface area (Å²) in [5, 5.41) is 2.47. The van der Waals surface area contributed by atoms with Gasteiger partial charge in [-0.2, -0.15) is 0 Å². The van der Waals surface area contributed by atoms with Crippen molar-refractivity contribution in [2.75, 3.05) is 20.3 Å². The van der Waals surface area contributed by atoms with Gasteiger partial charge >= 0.3 is 0 Å². The largest absolute Gasteiger partial charge is 0.383 e. The smallest absolute Gasteiger partial charge is 0.240 e. The zero-order chi connectivity index (χ0) is 14.5. The number of halogens is 1. The Kier molecular flexibility index (Phi) is 4.92. The number of imidazole rings is 1. The number of hydrogen-bond donors (Lipinski definition) is 1. The Labute approximate surface area is 122 Å². The van der Waals surface area contributed by atoms with Crippen molar-refractivity contribution in [3.63, 3.8) is 0 Å². The summed E-state index contributed by atoms with van der Waals surface area (Å²) >= 11 is 6.13. The maximum atomic E-state index is 11.9. The SMILES string of the molecule is COCCNC(=O)Cn1c(C(C)Cl)nc2cccnc21. The average molecular weight is 297 g/mol. The van der Waals surface area contributed by atoms with E-state index in [4.69, 9.17) is 16.3 Å². The Balaban J connectivity index is 2.23. The van der Waals surface area contributed by atoms with E-state index in [1.165, 1.54) is 0 Å². The summed E-state index contributed by atoms with van der Waals surface area (Å²) in [4.78, 5) is 20.6. The van der Waals surface area contributed by atoms with Crippen molar-refractivity contribution in [2.24, 2.45) is 0 Å². The van der Waals surface area contributed by atoms with Gasteiger partial charge in [-0.05, 0) is 19.1 Å². The fourth-order valence-electron chi connectivity index (χ4n) is 1.93. The lowest BCUT2D eigenvalue weighted by Gasteiger charge is -2.10. The zero-order valence-corrected chi connectivity index (χ0v) is 12.2. The first-order valence-electron chi connectivity index (χ1n) is 6.34. The van der Waals surface area contributed by atoms with Gasteiger partial charge in [0.15, 0.2) is 5.65 Å².